The van der Waals surface area contributed by atoms with Crippen LogP contribution in [0.15, 0.2) is 30.3 Å². The maximum Gasteiger partial charge on any atom is 0.119 e. The fourth-order valence-electron chi connectivity index (χ4n) is 1.87. The average molecular weight is 237 g/mol. The molecule has 3 heteroatoms. The van der Waals surface area contributed by atoms with E-state index in [2.05, 4.69) is 12.2 Å². The van der Waals surface area contributed by atoms with E-state index in [1.807, 2.05) is 37.4 Å². The summed E-state index contributed by atoms with van der Waals surface area (Å²) < 4.78 is 5.63. The van der Waals surface area contributed by atoms with Crippen molar-refractivity contribution in [2.24, 2.45) is 0 Å². The Balaban J connectivity index is 2.28. The van der Waals surface area contributed by atoms with Gasteiger partial charge in [0, 0.05) is 5.54 Å². The fourth-order valence-corrected chi connectivity index (χ4v) is 1.87. The smallest absolute Gasteiger partial charge is 0.119 e. The quantitative estimate of drug-likeness (QED) is 0.681. The topological polar surface area (TPSA) is 41.5 Å². The van der Waals surface area contributed by atoms with Crippen LogP contribution in [-0.2, 0) is 0 Å². The molecule has 0 saturated carbocycles. The van der Waals surface area contributed by atoms with Gasteiger partial charge in [-0.3, -0.25) is 0 Å². The molecule has 0 heterocycles. The third-order valence-corrected chi connectivity index (χ3v) is 3.32. The highest BCUT2D eigenvalue weighted by molar-refractivity contribution is 5.20. The van der Waals surface area contributed by atoms with Crippen molar-refractivity contribution in [3.63, 3.8) is 0 Å². The first kappa shape index (κ1) is 14.0. The van der Waals surface area contributed by atoms with E-state index in [1.165, 1.54) is 0 Å². The van der Waals surface area contributed by atoms with Crippen molar-refractivity contribution < 1.29 is 9.84 Å². The maximum absolute atomic E-state index is 9.39. The van der Waals surface area contributed by atoms with Gasteiger partial charge in [0.2, 0.25) is 0 Å². The predicted molar refractivity (Wildman–Crippen MR) is 70.3 cm³/mol. The second-order valence-electron chi connectivity index (χ2n) is 4.31. The van der Waals surface area contributed by atoms with Crippen molar-refractivity contribution in [3.8, 4) is 5.75 Å². The second-order valence-corrected chi connectivity index (χ2v) is 4.31. The van der Waals surface area contributed by atoms with Gasteiger partial charge in [-0.25, -0.2) is 0 Å². The zero-order valence-corrected chi connectivity index (χ0v) is 10.8. The molecule has 3 nitrogen and oxygen atoms in total. The van der Waals surface area contributed by atoms with Gasteiger partial charge in [-0.05, 0) is 38.4 Å². The molecule has 1 rings (SSSR count). The first-order chi connectivity index (χ1) is 8.26. The third-order valence-electron chi connectivity index (χ3n) is 3.32. The van der Waals surface area contributed by atoms with Crippen molar-refractivity contribution in [2.75, 3.05) is 20.3 Å². The monoisotopic (exact) mass is 237 g/mol. The van der Waals surface area contributed by atoms with E-state index in [1.54, 1.807) is 0 Å². The van der Waals surface area contributed by atoms with Gasteiger partial charge in [-0.1, -0.05) is 25.1 Å². The first-order valence-electron chi connectivity index (χ1n) is 6.24. The van der Waals surface area contributed by atoms with Crippen molar-refractivity contribution in [2.45, 2.75) is 31.7 Å². The highest BCUT2D eigenvalue weighted by Gasteiger charge is 2.24. The molecule has 17 heavy (non-hydrogen) atoms. The van der Waals surface area contributed by atoms with Crippen molar-refractivity contribution in [1.82, 2.24) is 5.32 Å². The molecule has 1 aromatic rings. The number of aliphatic hydroxyl groups is 1. The summed E-state index contributed by atoms with van der Waals surface area (Å²) in [5.74, 6) is 0.906. The minimum Gasteiger partial charge on any atom is -0.494 e. The van der Waals surface area contributed by atoms with Crippen molar-refractivity contribution >= 4 is 0 Å². The number of hydrogen-bond donors (Lipinski definition) is 2. The van der Waals surface area contributed by atoms with Crippen LogP contribution in [-0.4, -0.2) is 30.9 Å². The Bertz CT molecular complexity index is 288. The van der Waals surface area contributed by atoms with Crippen LogP contribution in [0.2, 0.25) is 0 Å². The third kappa shape index (κ3) is 4.36. The van der Waals surface area contributed by atoms with Gasteiger partial charge in [-0.15, -0.1) is 0 Å². The van der Waals surface area contributed by atoms with Crippen LogP contribution in [0.3, 0.4) is 0 Å². The number of nitrogens with one attached hydrogen (secondary N) is 1. The second kappa shape index (κ2) is 7.30. The van der Waals surface area contributed by atoms with Crippen LogP contribution in [0.5, 0.6) is 5.75 Å². The summed E-state index contributed by atoms with van der Waals surface area (Å²) in [5.41, 5.74) is -0.153. The van der Waals surface area contributed by atoms with Gasteiger partial charge >= 0.3 is 0 Å². The SMILES string of the molecule is CCC(CO)(CCCOc1ccccc1)NC. The Morgan fingerprint density at radius 3 is 2.53 bits per heavy atom. The molecule has 0 aliphatic carbocycles. The summed E-state index contributed by atoms with van der Waals surface area (Å²) in [5, 5.41) is 12.6. The molecule has 96 valence electrons. The van der Waals surface area contributed by atoms with E-state index in [4.69, 9.17) is 4.74 Å². The Morgan fingerprint density at radius 2 is 2.00 bits per heavy atom. The van der Waals surface area contributed by atoms with E-state index >= 15 is 0 Å². The van der Waals surface area contributed by atoms with Crippen LogP contribution in [0.25, 0.3) is 0 Å². The molecule has 0 radical (unpaired) electrons. The first-order valence-corrected chi connectivity index (χ1v) is 6.24. The average Bonchev–Trinajstić information content (AvgIpc) is 2.41. The molecule has 2 N–H and O–H groups in total. The van der Waals surface area contributed by atoms with Crippen LogP contribution >= 0.6 is 0 Å². The van der Waals surface area contributed by atoms with Crippen molar-refractivity contribution in [1.29, 1.82) is 0 Å². The summed E-state index contributed by atoms with van der Waals surface area (Å²) in [6.07, 6.45) is 2.78. The Labute approximate surface area is 104 Å². The normalized spacial score (nSPS) is 14.3. The lowest BCUT2D eigenvalue weighted by molar-refractivity contribution is 0.145. The van der Waals surface area contributed by atoms with Gasteiger partial charge in [0.05, 0.1) is 13.2 Å². The number of likely N-dealkylation sites (N-methyl/N-ethyl adjacent to an activating group) is 1. The molecule has 0 fully saturated rings. The standard InChI is InChI=1S/C14H23NO2/c1-3-14(12-16,15-2)10-7-11-17-13-8-5-4-6-9-13/h4-6,8-9,15-16H,3,7,10-12H2,1-2H3. The minimum atomic E-state index is -0.153. The number of rotatable bonds is 8. The highest BCUT2D eigenvalue weighted by Crippen LogP contribution is 2.17. The van der Waals surface area contributed by atoms with E-state index < -0.39 is 0 Å². The molecular weight excluding hydrogens is 214 g/mol. The molecule has 1 atom stereocenters. The summed E-state index contributed by atoms with van der Waals surface area (Å²) in [4.78, 5) is 0. The number of hydrogen-bond acceptors (Lipinski definition) is 3. The van der Waals surface area contributed by atoms with E-state index in [9.17, 15) is 5.11 Å². The zero-order valence-electron chi connectivity index (χ0n) is 10.8. The summed E-state index contributed by atoms with van der Waals surface area (Å²) >= 11 is 0. The number of aliphatic hydroxyl groups excluding tert-OH is 1. The highest BCUT2D eigenvalue weighted by atomic mass is 16.5. The van der Waals surface area contributed by atoms with Crippen LogP contribution in [0.4, 0.5) is 0 Å². The molecule has 0 bridgehead atoms. The molecule has 0 aromatic heterocycles. The molecule has 0 spiro atoms. The maximum atomic E-state index is 9.39. The fraction of sp³-hybridized carbons (Fsp3) is 0.571. The number of benzene rings is 1. The number of para-hydroxylation sites is 1. The summed E-state index contributed by atoms with van der Waals surface area (Å²) in [7, 11) is 1.90. The molecule has 1 aromatic carbocycles. The zero-order chi connectivity index (χ0) is 12.6. The predicted octanol–water partition coefficient (Wildman–Crippen LogP) is 2.21. The molecule has 1 unspecified atom stereocenters. The summed E-state index contributed by atoms with van der Waals surface area (Å²) in [6.45, 7) is 2.95. The molecule has 0 aliphatic rings. The Morgan fingerprint density at radius 1 is 1.29 bits per heavy atom. The van der Waals surface area contributed by atoms with E-state index in [-0.39, 0.29) is 12.1 Å². The van der Waals surface area contributed by atoms with Gasteiger partial charge in [0.1, 0.15) is 5.75 Å². The lowest BCUT2D eigenvalue weighted by Gasteiger charge is -2.30. The van der Waals surface area contributed by atoms with Crippen LogP contribution in [0, 0.1) is 0 Å². The lowest BCUT2D eigenvalue weighted by atomic mass is 9.92. The van der Waals surface area contributed by atoms with Gasteiger partial charge in [0.25, 0.3) is 0 Å². The Kier molecular flexibility index (Phi) is 6.01. The largest absolute Gasteiger partial charge is 0.494 e. The van der Waals surface area contributed by atoms with Gasteiger partial charge in [-0.2, -0.15) is 0 Å². The summed E-state index contributed by atoms with van der Waals surface area (Å²) in [6, 6.07) is 9.82. The lowest BCUT2D eigenvalue weighted by Crippen LogP contribution is -2.46. The van der Waals surface area contributed by atoms with E-state index in [0.717, 1.165) is 25.0 Å². The van der Waals surface area contributed by atoms with Crippen molar-refractivity contribution in [3.05, 3.63) is 30.3 Å². The molecular formula is C14H23NO2. The number of ether oxygens (including phenoxy) is 1. The van der Waals surface area contributed by atoms with Gasteiger partial charge in [0.15, 0.2) is 0 Å². The molecule has 0 saturated heterocycles. The molecule has 0 amide bonds. The Hall–Kier alpha value is -1.06. The van der Waals surface area contributed by atoms with Gasteiger partial charge < -0.3 is 15.2 Å². The van der Waals surface area contributed by atoms with Crippen LogP contribution < -0.4 is 10.1 Å². The van der Waals surface area contributed by atoms with Crippen LogP contribution in [0.1, 0.15) is 26.2 Å². The van der Waals surface area contributed by atoms with E-state index in [0.29, 0.717) is 6.61 Å². The minimum absolute atomic E-state index is 0.153. The molecule has 0 aliphatic heterocycles.